The van der Waals surface area contributed by atoms with Gasteiger partial charge in [-0.05, 0) is 118 Å². The van der Waals surface area contributed by atoms with Gasteiger partial charge in [-0.15, -0.1) is 0 Å². The lowest BCUT2D eigenvalue weighted by Crippen LogP contribution is -2.67. The number of β-amino-alcohol motifs (C(OH)–C–C–N with tert-alkyl or cyclic N) is 1. The molecule has 4 fully saturated rings. The Kier molecular flexibility index (Phi) is 6.59. The van der Waals surface area contributed by atoms with Crippen molar-refractivity contribution in [3.63, 3.8) is 0 Å². The monoisotopic (exact) mass is 595 g/mol. The highest BCUT2D eigenvalue weighted by Crippen LogP contribution is 2.78. The van der Waals surface area contributed by atoms with Crippen LogP contribution < -0.4 is 0 Å². The van der Waals surface area contributed by atoms with E-state index in [0.717, 1.165) is 70.2 Å². The van der Waals surface area contributed by atoms with Crippen LogP contribution in [0.3, 0.4) is 0 Å². The summed E-state index contributed by atoms with van der Waals surface area (Å²) in [6.45, 7) is 7.60. The van der Waals surface area contributed by atoms with E-state index in [-0.39, 0.29) is 34.1 Å². The summed E-state index contributed by atoms with van der Waals surface area (Å²) < 4.78 is 5.72. The standard InChI is InChI=1S/C39H49NO4/c1-35-15-10-29(41)24-37(35)18-19-39(30(25-37)34(42)31-9-6-22-44-31)32(35)11-16-36(2)33(39)12-17-38(36,43)26-40-20-13-28(14-21-40)23-27-7-4-3-5-8-27/h3-9,18-19,22,25,28-29,32-33,41,43H,10-17,20-21,23-24,26H2,1-2H3/t29?,32-,33-,35-,36+,37+,38-,39-/m1/s1. The smallest absolute Gasteiger partial charge is 0.224 e. The van der Waals surface area contributed by atoms with Crippen LogP contribution in [0.1, 0.15) is 87.8 Å². The second kappa shape index (κ2) is 10.0. The Balaban J connectivity index is 1.10. The Morgan fingerprint density at radius 3 is 2.39 bits per heavy atom. The third kappa shape index (κ3) is 3.91. The van der Waals surface area contributed by atoms with Crippen molar-refractivity contribution in [2.24, 2.45) is 39.4 Å². The van der Waals surface area contributed by atoms with Gasteiger partial charge < -0.3 is 19.5 Å². The number of furan rings is 1. The van der Waals surface area contributed by atoms with Crippen LogP contribution in [0.25, 0.3) is 0 Å². The minimum absolute atomic E-state index is 0.00832. The highest BCUT2D eigenvalue weighted by molar-refractivity contribution is 6.08. The number of benzene rings is 1. The van der Waals surface area contributed by atoms with Gasteiger partial charge in [0.25, 0.3) is 0 Å². The van der Waals surface area contributed by atoms with Crippen LogP contribution >= 0.6 is 0 Å². The van der Waals surface area contributed by atoms with Crippen molar-refractivity contribution in [3.05, 3.63) is 83.9 Å². The molecule has 234 valence electrons. The summed E-state index contributed by atoms with van der Waals surface area (Å²) in [5.74, 6) is 1.58. The van der Waals surface area contributed by atoms with E-state index in [1.165, 1.54) is 18.4 Å². The van der Waals surface area contributed by atoms with E-state index in [1.54, 1.807) is 18.4 Å². The predicted molar refractivity (Wildman–Crippen MR) is 171 cm³/mol. The van der Waals surface area contributed by atoms with Gasteiger partial charge in [0, 0.05) is 28.4 Å². The van der Waals surface area contributed by atoms with Crippen molar-refractivity contribution in [3.8, 4) is 0 Å². The number of carbonyl (C=O) groups is 1. The number of likely N-dealkylation sites (tertiary alicyclic amines) is 1. The predicted octanol–water partition coefficient (Wildman–Crippen LogP) is 7.01. The van der Waals surface area contributed by atoms with Crippen molar-refractivity contribution in [1.29, 1.82) is 0 Å². The zero-order valence-corrected chi connectivity index (χ0v) is 26.5. The molecular formula is C39H49NO4. The van der Waals surface area contributed by atoms with Gasteiger partial charge >= 0.3 is 0 Å². The average Bonchev–Trinajstić information content (AvgIpc) is 3.65. The van der Waals surface area contributed by atoms with Crippen molar-refractivity contribution in [2.45, 2.75) is 89.8 Å². The van der Waals surface area contributed by atoms with Crippen LogP contribution in [0.4, 0.5) is 0 Å². The number of Topliss-reactive ketones (excluding diaryl/α,β-unsaturated/α-hetero) is 1. The van der Waals surface area contributed by atoms with E-state index >= 15 is 0 Å². The second-order valence-electron chi connectivity index (χ2n) is 16.0. The number of aliphatic hydroxyl groups is 2. The largest absolute Gasteiger partial charge is 0.461 e. The third-order valence-corrected chi connectivity index (χ3v) is 14.3. The number of carbonyl (C=O) groups excluding carboxylic acids is 1. The van der Waals surface area contributed by atoms with E-state index in [9.17, 15) is 15.0 Å². The third-order valence-electron chi connectivity index (χ3n) is 14.3. The first-order valence-corrected chi connectivity index (χ1v) is 17.3. The van der Waals surface area contributed by atoms with Crippen molar-refractivity contribution < 1.29 is 19.4 Å². The lowest BCUT2D eigenvalue weighted by atomic mass is 9.32. The molecule has 2 spiro atoms. The molecule has 2 heterocycles. The van der Waals surface area contributed by atoms with Crippen LogP contribution in [0.2, 0.25) is 0 Å². The van der Waals surface area contributed by atoms with Crippen molar-refractivity contribution in [1.82, 2.24) is 4.90 Å². The van der Waals surface area contributed by atoms with Gasteiger partial charge in [-0.1, -0.05) is 62.4 Å². The summed E-state index contributed by atoms with van der Waals surface area (Å²) in [6.07, 6.45) is 17.9. The van der Waals surface area contributed by atoms with E-state index in [4.69, 9.17) is 4.42 Å². The molecule has 44 heavy (non-hydrogen) atoms. The van der Waals surface area contributed by atoms with Crippen LogP contribution in [0, 0.1) is 39.4 Å². The summed E-state index contributed by atoms with van der Waals surface area (Å²) in [5, 5.41) is 23.6. The molecule has 5 nitrogen and oxygen atoms in total. The number of hydrogen-bond donors (Lipinski definition) is 2. The van der Waals surface area contributed by atoms with E-state index in [0.29, 0.717) is 24.0 Å². The normalized spacial score (nSPS) is 43.3. The fourth-order valence-electron chi connectivity index (χ4n) is 11.8. The Hall–Kier alpha value is -2.47. The van der Waals surface area contributed by atoms with Crippen molar-refractivity contribution in [2.75, 3.05) is 19.6 Å². The molecule has 1 aromatic heterocycles. The number of fused-ring (bicyclic) bond motifs is 1. The first-order chi connectivity index (χ1) is 21.1. The maximum Gasteiger partial charge on any atom is 0.224 e. The zero-order valence-electron chi connectivity index (χ0n) is 26.5. The fourth-order valence-corrected chi connectivity index (χ4v) is 11.8. The summed E-state index contributed by atoms with van der Waals surface area (Å²) in [4.78, 5) is 16.9. The molecule has 1 aliphatic heterocycles. The van der Waals surface area contributed by atoms with Gasteiger partial charge in [-0.3, -0.25) is 4.79 Å². The van der Waals surface area contributed by atoms with Crippen LogP contribution in [-0.4, -0.2) is 52.2 Å². The number of allylic oxidation sites excluding steroid dienone is 4. The maximum atomic E-state index is 14.4. The van der Waals surface area contributed by atoms with Gasteiger partial charge in [-0.2, -0.15) is 0 Å². The lowest BCUT2D eigenvalue weighted by Gasteiger charge is -2.71. The van der Waals surface area contributed by atoms with Crippen LogP contribution in [0.5, 0.6) is 0 Å². The molecule has 7 aliphatic rings. The minimum atomic E-state index is -0.786. The summed E-state index contributed by atoms with van der Waals surface area (Å²) in [6, 6.07) is 14.5. The number of piperidine rings is 1. The topological polar surface area (TPSA) is 73.9 Å². The summed E-state index contributed by atoms with van der Waals surface area (Å²) >= 11 is 0. The molecule has 2 bridgehead atoms. The Morgan fingerprint density at radius 1 is 0.909 bits per heavy atom. The molecule has 0 amide bonds. The maximum absolute atomic E-state index is 14.4. The van der Waals surface area contributed by atoms with E-state index in [1.807, 2.05) is 0 Å². The van der Waals surface area contributed by atoms with Crippen molar-refractivity contribution >= 4 is 5.78 Å². The van der Waals surface area contributed by atoms with E-state index < -0.39 is 11.0 Å². The molecule has 1 unspecified atom stereocenters. The van der Waals surface area contributed by atoms with Gasteiger partial charge in [0.05, 0.1) is 18.0 Å². The lowest BCUT2D eigenvalue weighted by molar-refractivity contribution is -0.177. The Labute approximate surface area is 262 Å². The minimum Gasteiger partial charge on any atom is -0.461 e. The number of ketones is 1. The van der Waals surface area contributed by atoms with Gasteiger partial charge in [0.1, 0.15) is 0 Å². The molecule has 8 atom stereocenters. The highest BCUT2D eigenvalue weighted by atomic mass is 16.3. The molecule has 1 aromatic carbocycles. The van der Waals surface area contributed by atoms with Gasteiger partial charge in [0.15, 0.2) is 5.76 Å². The number of rotatable bonds is 6. The molecule has 1 saturated heterocycles. The Morgan fingerprint density at radius 2 is 1.64 bits per heavy atom. The Bertz CT molecular complexity index is 1470. The average molecular weight is 596 g/mol. The second-order valence-corrected chi connectivity index (χ2v) is 16.0. The fraction of sp³-hybridized carbons (Fsp3) is 0.615. The number of nitrogens with zero attached hydrogens (tertiary/aromatic N) is 1. The summed E-state index contributed by atoms with van der Waals surface area (Å²) in [7, 11) is 0. The first-order valence-electron chi connectivity index (χ1n) is 17.3. The van der Waals surface area contributed by atoms with Gasteiger partial charge in [0.2, 0.25) is 5.78 Å². The molecule has 6 aliphatic carbocycles. The molecule has 2 N–H and O–H groups in total. The molecule has 2 aromatic rings. The number of aliphatic hydroxyl groups excluding tert-OH is 1. The quantitative estimate of drug-likeness (QED) is 0.278. The first kappa shape index (κ1) is 29.0. The molecule has 0 radical (unpaired) electrons. The number of hydrogen-bond acceptors (Lipinski definition) is 5. The highest BCUT2D eigenvalue weighted by Gasteiger charge is 2.74. The van der Waals surface area contributed by atoms with Crippen LogP contribution in [-0.2, 0) is 6.42 Å². The molecule has 5 heteroatoms. The van der Waals surface area contributed by atoms with Crippen LogP contribution in [0.15, 0.2) is 76.9 Å². The molecule has 3 saturated carbocycles. The van der Waals surface area contributed by atoms with Gasteiger partial charge in [-0.25, -0.2) is 0 Å². The van der Waals surface area contributed by atoms with E-state index in [2.05, 4.69) is 67.3 Å². The molecular weight excluding hydrogens is 546 g/mol. The molecule has 9 rings (SSSR count). The SMILES string of the molecule is C[C@]12CC[C@H]3[C@]4(C=C[C@@]5(C=C4C(=O)c4ccco4)CC(O)CC[C@]35C)[C@@H]1CC[C@@]2(O)CN1CCC(Cc2ccccc2)CC1. The summed E-state index contributed by atoms with van der Waals surface area (Å²) in [5.41, 5.74) is 0.456. The zero-order chi connectivity index (χ0) is 30.4.